The molecule has 0 aliphatic heterocycles. The van der Waals surface area contributed by atoms with Crippen molar-refractivity contribution in [1.29, 1.82) is 0 Å². The molecule has 0 saturated heterocycles. The monoisotopic (exact) mass is 260 g/mol. The summed E-state index contributed by atoms with van der Waals surface area (Å²) in [6, 6.07) is 1.73. The van der Waals surface area contributed by atoms with Crippen molar-refractivity contribution in [2.75, 3.05) is 0 Å². The van der Waals surface area contributed by atoms with Crippen LogP contribution in [0.1, 0.15) is 37.7 Å². The van der Waals surface area contributed by atoms with Crippen molar-refractivity contribution in [3.05, 3.63) is 22.1 Å². The lowest BCUT2D eigenvalue weighted by Gasteiger charge is -2.04. The molecular formula is C10H13BrO3. The van der Waals surface area contributed by atoms with Gasteiger partial charge < -0.3 is 9.52 Å². The molecule has 0 aliphatic carbocycles. The molecule has 1 aromatic rings. The second kappa shape index (κ2) is 4.64. The molecule has 0 bridgehead atoms. The molecule has 1 rings (SSSR count). The van der Waals surface area contributed by atoms with Crippen LogP contribution in [0.2, 0.25) is 0 Å². The van der Waals surface area contributed by atoms with Crippen molar-refractivity contribution >= 4 is 21.9 Å². The number of hydrogen-bond donors (Lipinski definition) is 1. The Kier molecular flexibility index (Phi) is 3.75. The largest absolute Gasteiger partial charge is 0.481 e. The Labute approximate surface area is 91.2 Å². The van der Waals surface area contributed by atoms with Crippen LogP contribution in [0.5, 0.6) is 0 Å². The average molecular weight is 261 g/mol. The molecule has 0 spiro atoms. The third-order valence-corrected chi connectivity index (χ3v) is 2.77. The molecule has 0 amide bonds. The van der Waals surface area contributed by atoms with Crippen molar-refractivity contribution < 1.29 is 14.3 Å². The third kappa shape index (κ3) is 2.61. The van der Waals surface area contributed by atoms with E-state index in [1.807, 2.05) is 6.92 Å². The molecule has 0 aliphatic rings. The summed E-state index contributed by atoms with van der Waals surface area (Å²) < 4.78 is 6.31. The molecule has 0 fully saturated rings. The fourth-order valence-electron chi connectivity index (χ4n) is 1.19. The van der Waals surface area contributed by atoms with Crippen LogP contribution in [0.15, 0.2) is 15.0 Å². The van der Waals surface area contributed by atoms with Gasteiger partial charge in [-0.05, 0) is 28.4 Å². The molecular weight excluding hydrogens is 248 g/mol. The van der Waals surface area contributed by atoms with Crippen LogP contribution in [0, 0.1) is 0 Å². The highest BCUT2D eigenvalue weighted by molar-refractivity contribution is 9.10. The highest BCUT2D eigenvalue weighted by Gasteiger charge is 2.15. The van der Waals surface area contributed by atoms with E-state index >= 15 is 0 Å². The van der Waals surface area contributed by atoms with Crippen molar-refractivity contribution in [3.8, 4) is 0 Å². The summed E-state index contributed by atoms with van der Waals surface area (Å²) in [7, 11) is 0. The predicted molar refractivity (Wildman–Crippen MR) is 56.5 cm³/mol. The Morgan fingerprint density at radius 2 is 2.36 bits per heavy atom. The van der Waals surface area contributed by atoms with Gasteiger partial charge in [0.25, 0.3) is 0 Å². The van der Waals surface area contributed by atoms with Crippen LogP contribution in [-0.4, -0.2) is 11.1 Å². The van der Waals surface area contributed by atoms with E-state index in [0.717, 1.165) is 16.7 Å². The molecule has 0 aromatic carbocycles. The highest BCUT2D eigenvalue weighted by atomic mass is 79.9. The maximum absolute atomic E-state index is 10.5. The molecule has 14 heavy (non-hydrogen) atoms. The zero-order valence-corrected chi connectivity index (χ0v) is 9.80. The summed E-state index contributed by atoms with van der Waals surface area (Å²) >= 11 is 3.36. The van der Waals surface area contributed by atoms with E-state index in [1.54, 1.807) is 6.07 Å². The molecule has 1 atom stereocenters. The van der Waals surface area contributed by atoms with Gasteiger partial charge in [0.05, 0.1) is 4.47 Å². The van der Waals surface area contributed by atoms with E-state index < -0.39 is 5.97 Å². The van der Waals surface area contributed by atoms with Gasteiger partial charge in [-0.25, -0.2) is 0 Å². The number of hydrogen-bond acceptors (Lipinski definition) is 2. The minimum absolute atomic E-state index is 0.0605. The Morgan fingerprint density at radius 3 is 2.86 bits per heavy atom. The normalized spacial score (nSPS) is 12.8. The van der Waals surface area contributed by atoms with Crippen LogP contribution in [0.4, 0.5) is 0 Å². The van der Waals surface area contributed by atoms with Crippen LogP contribution in [0.3, 0.4) is 0 Å². The molecule has 4 heteroatoms. The van der Waals surface area contributed by atoms with Gasteiger partial charge in [0.15, 0.2) is 0 Å². The third-order valence-electron chi connectivity index (χ3n) is 2.15. The van der Waals surface area contributed by atoms with Crippen LogP contribution < -0.4 is 0 Å². The zero-order valence-electron chi connectivity index (χ0n) is 8.21. The van der Waals surface area contributed by atoms with Crippen molar-refractivity contribution in [2.24, 2.45) is 0 Å². The summed E-state index contributed by atoms with van der Waals surface area (Å²) in [5.74, 6) is 0.775. The number of carbonyl (C=O) groups is 1. The van der Waals surface area contributed by atoms with Gasteiger partial charge in [-0.1, -0.05) is 13.8 Å². The SMILES string of the molecule is CCC(C)c1oc(CC(=O)O)cc1Br. The minimum atomic E-state index is -0.873. The molecule has 0 radical (unpaired) electrons. The summed E-state index contributed by atoms with van der Waals surface area (Å²) in [6.45, 7) is 4.12. The first-order valence-corrected chi connectivity index (χ1v) is 5.33. The molecule has 78 valence electrons. The van der Waals surface area contributed by atoms with E-state index in [4.69, 9.17) is 9.52 Å². The first-order valence-electron chi connectivity index (χ1n) is 4.54. The topological polar surface area (TPSA) is 50.4 Å². The number of carboxylic acid groups (broad SMARTS) is 1. The van der Waals surface area contributed by atoms with Gasteiger partial charge in [-0.15, -0.1) is 0 Å². The molecule has 1 aromatic heterocycles. The van der Waals surface area contributed by atoms with Gasteiger partial charge in [-0.2, -0.15) is 0 Å². The fourth-order valence-corrected chi connectivity index (χ4v) is 1.92. The average Bonchev–Trinajstić information content (AvgIpc) is 2.44. The van der Waals surface area contributed by atoms with Crippen molar-refractivity contribution in [3.63, 3.8) is 0 Å². The summed E-state index contributed by atoms with van der Waals surface area (Å²) in [5.41, 5.74) is 0. The van der Waals surface area contributed by atoms with Crippen LogP contribution >= 0.6 is 15.9 Å². The molecule has 0 saturated carbocycles. The first kappa shape index (κ1) is 11.3. The lowest BCUT2D eigenvalue weighted by molar-refractivity contribution is -0.136. The minimum Gasteiger partial charge on any atom is -0.481 e. The van der Waals surface area contributed by atoms with Crippen LogP contribution in [-0.2, 0) is 11.2 Å². The fraction of sp³-hybridized carbons (Fsp3) is 0.500. The quantitative estimate of drug-likeness (QED) is 0.905. The lowest BCUT2D eigenvalue weighted by Crippen LogP contribution is -1.98. The Bertz CT molecular complexity index is 330. The number of halogens is 1. The van der Waals surface area contributed by atoms with Gasteiger partial charge in [0.2, 0.25) is 0 Å². The summed E-state index contributed by atoms with van der Waals surface area (Å²) in [4.78, 5) is 10.5. The maximum atomic E-state index is 10.5. The van der Waals surface area contributed by atoms with Gasteiger partial charge in [0, 0.05) is 5.92 Å². The standard InChI is InChI=1S/C10H13BrO3/c1-3-6(2)10-8(11)4-7(14-10)5-9(12)13/h4,6H,3,5H2,1-2H3,(H,12,13). The van der Waals surface area contributed by atoms with E-state index in [1.165, 1.54) is 0 Å². The smallest absolute Gasteiger partial charge is 0.311 e. The molecule has 1 heterocycles. The molecule has 1 N–H and O–H groups in total. The summed E-state index contributed by atoms with van der Waals surface area (Å²) in [6.07, 6.45) is 0.910. The van der Waals surface area contributed by atoms with Crippen molar-refractivity contribution in [1.82, 2.24) is 0 Å². The summed E-state index contributed by atoms with van der Waals surface area (Å²) in [5, 5.41) is 8.59. The van der Waals surface area contributed by atoms with E-state index in [0.29, 0.717) is 11.7 Å². The maximum Gasteiger partial charge on any atom is 0.311 e. The Morgan fingerprint density at radius 1 is 1.71 bits per heavy atom. The first-order chi connectivity index (χ1) is 6.54. The Hall–Kier alpha value is -0.770. The molecule has 3 nitrogen and oxygen atoms in total. The van der Waals surface area contributed by atoms with E-state index in [-0.39, 0.29) is 6.42 Å². The zero-order chi connectivity index (χ0) is 10.7. The number of carboxylic acids is 1. The van der Waals surface area contributed by atoms with Crippen LogP contribution in [0.25, 0.3) is 0 Å². The lowest BCUT2D eigenvalue weighted by atomic mass is 10.1. The Balaban J connectivity index is 2.87. The number of aliphatic carboxylic acids is 1. The van der Waals surface area contributed by atoms with Gasteiger partial charge in [-0.3, -0.25) is 4.79 Å². The number of rotatable bonds is 4. The van der Waals surface area contributed by atoms with Gasteiger partial charge in [0.1, 0.15) is 17.9 Å². The van der Waals surface area contributed by atoms with Gasteiger partial charge >= 0.3 is 5.97 Å². The highest BCUT2D eigenvalue weighted by Crippen LogP contribution is 2.30. The van der Waals surface area contributed by atoms with E-state index in [9.17, 15) is 4.79 Å². The second-order valence-corrected chi connectivity index (χ2v) is 4.16. The second-order valence-electron chi connectivity index (χ2n) is 3.30. The number of furan rings is 1. The predicted octanol–water partition coefficient (Wildman–Crippen LogP) is 3.18. The van der Waals surface area contributed by atoms with Crippen molar-refractivity contribution in [2.45, 2.75) is 32.6 Å². The molecule has 1 unspecified atom stereocenters. The van der Waals surface area contributed by atoms with E-state index in [2.05, 4.69) is 22.9 Å².